The van der Waals surface area contributed by atoms with E-state index in [1.54, 1.807) is 18.3 Å². The van der Waals surface area contributed by atoms with Gasteiger partial charge in [-0.15, -0.1) is 0 Å². The van der Waals surface area contributed by atoms with Crippen molar-refractivity contribution in [1.82, 2.24) is 29.8 Å². The summed E-state index contributed by atoms with van der Waals surface area (Å²) < 4.78 is 11.3. The summed E-state index contributed by atoms with van der Waals surface area (Å²) in [4.78, 5) is 87.0. The average Bonchev–Trinajstić information content (AvgIpc) is 4.00. The monoisotopic (exact) mass is 774 g/mol. The summed E-state index contributed by atoms with van der Waals surface area (Å²) in [6.07, 6.45) is 11.8. The van der Waals surface area contributed by atoms with Crippen molar-refractivity contribution in [3.8, 4) is 10.4 Å². The van der Waals surface area contributed by atoms with Crippen LogP contribution in [0.4, 0.5) is 21.1 Å². The fraction of sp³-hybridized carbons (Fsp3) is 0.447. The zero-order valence-electron chi connectivity index (χ0n) is 31.2. The number of benzene rings is 1. The molecule has 1 aromatic carbocycles. The summed E-state index contributed by atoms with van der Waals surface area (Å²) >= 11 is 1.42. The Bertz CT molecular complexity index is 1970. The Balaban J connectivity index is 1.07. The van der Waals surface area contributed by atoms with Gasteiger partial charge in [-0.3, -0.25) is 23.6 Å². The maximum absolute atomic E-state index is 13.7. The number of carbonyl (C=O) groups is 6. The number of allylic oxidation sites excluding steroid dienone is 2. The van der Waals surface area contributed by atoms with Crippen LogP contribution in [0.2, 0.25) is 0 Å². The van der Waals surface area contributed by atoms with E-state index in [-0.39, 0.29) is 29.5 Å². The topological polar surface area (TPSA) is 193 Å². The minimum absolute atomic E-state index is 0.209. The van der Waals surface area contributed by atoms with Crippen molar-refractivity contribution < 1.29 is 38.2 Å². The molecule has 4 atom stereocenters. The van der Waals surface area contributed by atoms with E-state index in [0.717, 1.165) is 23.3 Å². The van der Waals surface area contributed by atoms with Crippen LogP contribution < -0.4 is 21.3 Å². The third-order valence-corrected chi connectivity index (χ3v) is 11.0. The second-order valence-corrected chi connectivity index (χ2v) is 15.0. The number of nitrogens with zero attached hydrogens (tertiary/aromatic N) is 4. The average molecular weight is 775 g/mol. The zero-order valence-corrected chi connectivity index (χ0v) is 32.0. The molecule has 2 fully saturated rings. The van der Waals surface area contributed by atoms with Crippen LogP contribution in [0, 0.1) is 5.92 Å². The number of hydrogen-bond donors (Lipinski definition) is 4. The molecule has 2 saturated heterocycles. The summed E-state index contributed by atoms with van der Waals surface area (Å²) in [6, 6.07) is 4.17. The third kappa shape index (κ3) is 8.82. The van der Waals surface area contributed by atoms with E-state index in [1.807, 2.05) is 54.8 Å². The quantitative estimate of drug-likeness (QED) is 0.220. The molecule has 3 aliphatic rings. The number of fused-ring (bicyclic) bond motifs is 1. The van der Waals surface area contributed by atoms with Gasteiger partial charge in [-0.05, 0) is 67.7 Å². The van der Waals surface area contributed by atoms with Gasteiger partial charge in [-0.2, -0.15) is 0 Å². The van der Waals surface area contributed by atoms with E-state index < -0.39 is 36.4 Å². The summed E-state index contributed by atoms with van der Waals surface area (Å²) in [5, 5.41) is 11.0. The van der Waals surface area contributed by atoms with Crippen LogP contribution in [-0.2, 0) is 28.7 Å². The first-order valence-electron chi connectivity index (χ1n) is 18.3. The number of amides is 6. The Morgan fingerprint density at radius 2 is 1.45 bits per heavy atom. The van der Waals surface area contributed by atoms with Gasteiger partial charge < -0.3 is 40.5 Å². The number of alkyl carbamates (subject to hydrolysis) is 2. The maximum atomic E-state index is 13.7. The molecule has 16 nitrogen and oxygen atoms in total. The van der Waals surface area contributed by atoms with Crippen molar-refractivity contribution in [2.24, 2.45) is 5.92 Å². The van der Waals surface area contributed by atoms with E-state index in [2.05, 4.69) is 31.0 Å². The number of rotatable bonds is 11. The lowest BCUT2D eigenvalue weighted by Gasteiger charge is -2.30. The summed E-state index contributed by atoms with van der Waals surface area (Å²) in [7, 11) is 2.47. The number of likely N-dealkylation sites (tertiary alicyclic amines) is 2. The first-order valence-corrected chi connectivity index (χ1v) is 19.2. The van der Waals surface area contributed by atoms with Crippen LogP contribution in [0.1, 0.15) is 52.4 Å². The third-order valence-electron chi connectivity index (χ3n) is 9.96. The fourth-order valence-corrected chi connectivity index (χ4v) is 8.08. The first kappa shape index (κ1) is 39.0. The summed E-state index contributed by atoms with van der Waals surface area (Å²) in [6.45, 7) is 4.43. The highest BCUT2D eigenvalue weighted by atomic mass is 32.1. The highest BCUT2D eigenvalue weighted by molar-refractivity contribution is 7.20. The van der Waals surface area contributed by atoms with Crippen molar-refractivity contribution in [2.75, 3.05) is 37.9 Å². The van der Waals surface area contributed by atoms with Crippen molar-refractivity contribution in [3.63, 3.8) is 0 Å². The lowest BCUT2D eigenvalue weighted by molar-refractivity contribution is -0.139. The van der Waals surface area contributed by atoms with E-state index in [0.29, 0.717) is 60.8 Å². The van der Waals surface area contributed by atoms with Gasteiger partial charge in [0.15, 0.2) is 10.8 Å². The smallest absolute Gasteiger partial charge is 0.407 e. The highest BCUT2D eigenvalue weighted by Crippen LogP contribution is 2.31. The predicted octanol–water partition coefficient (Wildman–Crippen LogP) is 4.30. The van der Waals surface area contributed by atoms with Crippen molar-refractivity contribution >= 4 is 63.6 Å². The number of nitrogens with one attached hydrogen (secondary N) is 4. The van der Waals surface area contributed by atoms with Gasteiger partial charge in [0.25, 0.3) is 5.91 Å². The summed E-state index contributed by atoms with van der Waals surface area (Å²) in [5.74, 6) is -1.21. The molecule has 0 radical (unpaired) electrons. The number of methoxy groups -OCH3 is 2. The molecule has 2 aliphatic heterocycles. The molecule has 2 aromatic heterocycles. The van der Waals surface area contributed by atoms with Gasteiger partial charge in [0.1, 0.15) is 24.2 Å². The molecule has 0 saturated carbocycles. The van der Waals surface area contributed by atoms with E-state index in [4.69, 9.17) is 4.74 Å². The Labute approximate surface area is 322 Å². The van der Waals surface area contributed by atoms with Crippen molar-refractivity contribution in [3.05, 3.63) is 60.5 Å². The lowest BCUT2D eigenvalue weighted by atomic mass is 9.98. The van der Waals surface area contributed by atoms with E-state index in [9.17, 15) is 28.8 Å². The number of aromatic nitrogens is 2. The molecule has 4 N–H and O–H groups in total. The maximum Gasteiger partial charge on any atom is 0.407 e. The Morgan fingerprint density at radius 1 is 0.818 bits per heavy atom. The first-order chi connectivity index (χ1) is 26.5. The molecule has 1 aliphatic carbocycles. The molecular weight excluding hydrogens is 729 g/mol. The van der Waals surface area contributed by atoms with E-state index >= 15 is 0 Å². The number of anilines is 2. The zero-order chi connectivity index (χ0) is 39.2. The molecule has 0 spiro atoms. The van der Waals surface area contributed by atoms with Crippen LogP contribution in [-0.4, -0.2) is 106 Å². The highest BCUT2D eigenvalue weighted by Gasteiger charge is 2.40. The lowest BCUT2D eigenvalue weighted by Crippen LogP contribution is -2.54. The molecule has 4 heterocycles. The van der Waals surface area contributed by atoms with Crippen molar-refractivity contribution in [1.29, 1.82) is 0 Å². The standard InChI is InChI=1S/C38H46N8O8S/c1-22(2)30(42-37(51)53-3)34(49)45-18-9-13-27(45)33(48)40-29-21-44-20-28(55-36(44)41-29)23-14-16-25(17-15-23)39-32(47)26-12-8-19-46(26)35(50)31(43-38(52)54-4)24-10-6-5-7-11-24/h6,10-11,14-17,20-22,26-27,30-31H,5,7-9,12-13,18-19H2,1-4H3,(H,39,47)(H,40,48)(H,42,51)(H,43,52)/t26-,27?,30-,31-/m0/s1. The van der Waals surface area contributed by atoms with Crippen LogP contribution >= 0.6 is 11.3 Å². The van der Waals surface area contributed by atoms with Gasteiger partial charge in [-0.25, -0.2) is 14.6 Å². The predicted molar refractivity (Wildman–Crippen MR) is 205 cm³/mol. The van der Waals surface area contributed by atoms with Crippen molar-refractivity contribution in [2.45, 2.75) is 76.5 Å². The summed E-state index contributed by atoms with van der Waals surface area (Å²) in [5.41, 5.74) is 2.13. The number of imidazole rings is 1. The Morgan fingerprint density at radius 3 is 2.05 bits per heavy atom. The van der Waals surface area contributed by atoms with Gasteiger partial charge in [0.05, 0.1) is 25.3 Å². The van der Waals surface area contributed by atoms with Crippen LogP contribution in [0.25, 0.3) is 15.4 Å². The van der Waals surface area contributed by atoms with Crippen LogP contribution in [0.3, 0.4) is 0 Å². The molecule has 6 amide bonds. The Hall–Kier alpha value is -5.71. The molecule has 292 valence electrons. The molecule has 55 heavy (non-hydrogen) atoms. The van der Waals surface area contributed by atoms with Gasteiger partial charge >= 0.3 is 12.2 Å². The van der Waals surface area contributed by atoms with Gasteiger partial charge in [0.2, 0.25) is 17.7 Å². The van der Waals surface area contributed by atoms with Gasteiger partial charge in [0, 0.05) is 25.0 Å². The minimum atomic E-state index is -0.954. The Kier molecular flexibility index (Phi) is 12.2. The second kappa shape index (κ2) is 17.2. The largest absolute Gasteiger partial charge is 0.453 e. The number of ether oxygens (including phenoxy) is 2. The normalized spacial score (nSPS) is 19.1. The number of carbonyl (C=O) groups excluding carboxylic acids is 6. The molecular formula is C38H46N8O8S. The number of hydrogen-bond acceptors (Lipinski definition) is 10. The van der Waals surface area contributed by atoms with Gasteiger partial charge in [-0.1, -0.05) is 55.5 Å². The fourth-order valence-electron chi connectivity index (χ4n) is 7.10. The second-order valence-electron chi connectivity index (χ2n) is 14.0. The number of thiazole rings is 1. The molecule has 17 heteroatoms. The molecule has 3 aromatic rings. The molecule has 6 rings (SSSR count). The van der Waals surface area contributed by atoms with Crippen LogP contribution in [0.15, 0.2) is 60.5 Å². The molecule has 1 unspecified atom stereocenters. The van der Waals surface area contributed by atoms with E-state index in [1.165, 1.54) is 35.4 Å². The minimum Gasteiger partial charge on any atom is -0.453 e. The SMILES string of the molecule is COC(=O)N[C@H](C(=O)N1CCC[C@H]1C(=O)Nc1ccc(-c2cn3cc(NC(=O)C4CCCN4C(=O)[C@@H](NC(=O)OC)C(C)C)nc3s2)cc1)C1=CCCC=C1. The van der Waals surface area contributed by atoms with Crippen LogP contribution in [0.5, 0.6) is 0 Å². The molecule has 0 bridgehead atoms.